The maximum Gasteiger partial charge on any atom is 0.292 e. The molecule has 0 bridgehead atoms. The quantitative estimate of drug-likeness (QED) is 0.738. The Bertz CT molecular complexity index is 317. The van der Waals surface area contributed by atoms with Crippen molar-refractivity contribution in [1.29, 1.82) is 0 Å². The van der Waals surface area contributed by atoms with Crippen molar-refractivity contribution in [3.05, 3.63) is 11.7 Å². The molecule has 0 saturated heterocycles. The third-order valence-electron chi connectivity index (χ3n) is 1.89. The van der Waals surface area contributed by atoms with Crippen LogP contribution in [0, 0.1) is 0 Å². The Hall–Kier alpha value is -1.39. The minimum absolute atomic E-state index is 0.142. The van der Waals surface area contributed by atoms with Crippen LogP contribution in [0.25, 0.3) is 0 Å². The van der Waals surface area contributed by atoms with E-state index in [4.69, 9.17) is 4.52 Å². The molecule has 0 radical (unpaired) electrons. The van der Waals surface area contributed by atoms with Crippen molar-refractivity contribution in [2.45, 2.75) is 32.2 Å². The molecule has 5 nitrogen and oxygen atoms in total. The van der Waals surface area contributed by atoms with E-state index in [9.17, 15) is 4.79 Å². The van der Waals surface area contributed by atoms with Crippen LogP contribution in [0.2, 0.25) is 0 Å². The Morgan fingerprint density at radius 2 is 2.46 bits per heavy atom. The predicted molar refractivity (Wildman–Crippen MR) is 44.2 cm³/mol. The lowest BCUT2D eigenvalue weighted by atomic mass is 10.5. The second-order valence-electron chi connectivity index (χ2n) is 3.11. The number of rotatable bonds is 3. The lowest BCUT2D eigenvalue weighted by molar-refractivity contribution is 0.0937. The highest BCUT2D eigenvalue weighted by atomic mass is 16.5. The van der Waals surface area contributed by atoms with E-state index in [1.165, 1.54) is 0 Å². The normalized spacial score (nSPS) is 15.8. The van der Waals surface area contributed by atoms with Crippen molar-refractivity contribution < 1.29 is 9.32 Å². The molecular weight excluding hydrogens is 170 g/mol. The fraction of sp³-hybridized carbons (Fsp3) is 0.625. The summed E-state index contributed by atoms with van der Waals surface area (Å²) in [4.78, 5) is 15.2. The molecule has 0 spiro atoms. The molecular formula is C8H11N3O2. The molecule has 1 amide bonds. The highest BCUT2D eigenvalue weighted by Gasteiger charge is 2.25. The summed E-state index contributed by atoms with van der Waals surface area (Å²) in [5.74, 6) is 0.413. The van der Waals surface area contributed by atoms with Gasteiger partial charge in [0.2, 0.25) is 5.89 Å². The Labute approximate surface area is 75.5 Å². The van der Waals surface area contributed by atoms with E-state index in [2.05, 4.69) is 15.5 Å². The van der Waals surface area contributed by atoms with E-state index in [1.54, 1.807) is 0 Å². The summed E-state index contributed by atoms with van der Waals surface area (Å²) < 4.78 is 4.81. The third kappa shape index (κ3) is 1.85. The van der Waals surface area contributed by atoms with Gasteiger partial charge in [-0.25, -0.2) is 0 Å². The Balaban J connectivity index is 2.01. The largest absolute Gasteiger partial charge is 0.346 e. The van der Waals surface area contributed by atoms with Gasteiger partial charge in [-0.2, -0.15) is 4.98 Å². The number of hydrogen-bond acceptors (Lipinski definition) is 4. The van der Waals surface area contributed by atoms with Crippen LogP contribution >= 0.6 is 0 Å². The minimum Gasteiger partial charge on any atom is -0.346 e. The van der Waals surface area contributed by atoms with Crippen molar-refractivity contribution in [3.8, 4) is 0 Å². The van der Waals surface area contributed by atoms with Crippen LogP contribution in [0.1, 0.15) is 36.3 Å². The van der Waals surface area contributed by atoms with Crippen LogP contribution in [-0.2, 0) is 6.42 Å². The van der Waals surface area contributed by atoms with Crippen LogP contribution < -0.4 is 5.32 Å². The van der Waals surface area contributed by atoms with Crippen LogP contribution in [0.4, 0.5) is 0 Å². The predicted octanol–water partition coefficient (Wildman–Crippen LogP) is 0.524. The number of aryl methyl sites for hydroxylation is 1. The number of amides is 1. The SMILES string of the molecule is CCc1nc(C(=O)NC2CC2)no1. The van der Waals surface area contributed by atoms with Gasteiger partial charge < -0.3 is 9.84 Å². The lowest BCUT2D eigenvalue weighted by Gasteiger charge is -1.95. The summed E-state index contributed by atoms with van der Waals surface area (Å²) in [6.45, 7) is 1.90. The Kier molecular flexibility index (Phi) is 2.00. The van der Waals surface area contributed by atoms with Gasteiger partial charge in [-0.05, 0) is 12.8 Å². The van der Waals surface area contributed by atoms with Gasteiger partial charge in [-0.3, -0.25) is 4.79 Å². The molecule has 70 valence electrons. The molecule has 1 saturated carbocycles. The molecule has 2 rings (SSSR count). The molecule has 1 heterocycles. The van der Waals surface area contributed by atoms with Gasteiger partial charge >= 0.3 is 0 Å². The first kappa shape index (κ1) is 8.22. The average Bonchev–Trinajstić information content (AvgIpc) is 2.82. The van der Waals surface area contributed by atoms with Gasteiger partial charge in [-0.15, -0.1) is 0 Å². The van der Waals surface area contributed by atoms with Crippen molar-refractivity contribution in [1.82, 2.24) is 15.5 Å². The molecule has 0 aliphatic heterocycles. The van der Waals surface area contributed by atoms with E-state index < -0.39 is 0 Å². The Morgan fingerprint density at radius 1 is 1.69 bits per heavy atom. The zero-order valence-electron chi connectivity index (χ0n) is 7.41. The molecule has 1 aliphatic carbocycles. The molecule has 1 N–H and O–H groups in total. The van der Waals surface area contributed by atoms with Crippen LogP contribution in [0.3, 0.4) is 0 Å². The molecule has 1 aromatic rings. The summed E-state index contributed by atoms with van der Waals surface area (Å²) in [6.07, 6.45) is 2.78. The van der Waals surface area contributed by atoms with Gasteiger partial charge in [0.15, 0.2) is 0 Å². The minimum atomic E-state index is -0.231. The molecule has 13 heavy (non-hydrogen) atoms. The van der Waals surface area contributed by atoms with Gasteiger partial charge in [0.05, 0.1) is 0 Å². The van der Waals surface area contributed by atoms with Crippen molar-refractivity contribution in [2.75, 3.05) is 0 Å². The highest BCUT2D eigenvalue weighted by Crippen LogP contribution is 2.18. The summed E-state index contributed by atoms with van der Waals surface area (Å²) >= 11 is 0. The second-order valence-corrected chi connectivity index (χ2v) is 3.11. The molecule has 5 heteroatoms. The van der Waals surface area contributed by atoms with Crippen molar-refractivity contribution >= 4 is 5.91 Å². The summed E-state index contributed by atoms with van der Waals surface area (Å²) in [5, 5.41) is 6.35. The maximum absolute atomic E-state index is 11.3. The maximum atomic E-state index is 11.3. The molecule has 0 atom stereocenters. The zero-order chi connectivity index (χ0) is 9.26. The topological polar surface area (TPSA) is 68.0 Å². The number of carbonyl (C=O) groups is 1. The van der Waals surface area contributed by atoms with Crippen LogP contribution in [0.15, 0.2) is 4.52 Å². The van der Waals surface area contributed by atoms with Crippen molar-refractivity contribution in [2.24, 2.45) is 0 Å². The van der Waals surface area contributed by atoms with Crippen molar-refractivity contribution in [3.63, 3.8) is 0 Å². The summed E-state index contributed by atoms with van der Waals surface area (Å²) in [7, 11) is 0. The molecule has 0 unspecified atom stereocenters. The highest BCUT2D eigenvalue weighted by molar-refractivity contribution is 5.90. The number of aromatic nitrogens is 2. The van der Waals surface area contributed by atoms with Crippen LogP contribution in [0.5, 0.6) is 0 Å². The number of hydrogen-bond donors (Lipinski definition) is 1. The number of nitrogens with zero attached hydrogens (tertiary/aromatic N) is 2. The Morgan fingerprint density at radius 3 is 3.00 bits per heavy atom. The van der Waals surface area contributed by atoms with E-state index in [-0.39, 0.29) is 11.7 Å². The van der Waals surface area contributed by atoms with E-state index >= 15 is 0 Å². The first-order valence-electron chi connectivity index (χ1n) is 4.43. The molecule has 0 aromatic carbocycles. The molecule has 1 aliphatic rings. The smallest absolute Gasteiger partial charge is 0.292 e. The lowest BCUT2D eigenvalue weighted by Crippen LogP contribution is -2.26. The number of carbonyl (C=O) groups excluding carboxylic acids is 1. The summed E-state index contributed by atoms with van der Waals surface area (Å²) in [5.41, 5.74) is 0. The fourth-order valence-electron chi connectivity index (χ4n) is 0.968. The van der Waals surface area contributed by atoms with Crippen LogP contribution in [-0.4, -0.2) is 22.1 Å². The second kappa shape index (κ2) is 3.16. The van der Waals surface area contributed by atoms with E-state index in [1.807, 2.05) is 6.92 Å². The monoisotopic (exact) mass is 181 g/mol. The first-order valence-corrected chi connectivity index (χ1v) is 4.43. The molecule has 1 fully saturated rings. The average molecular weight is 181 g/mol. The molecule has 1 aromatic heterocycles. The summed E-state index contributed by atoms with van der Waals surface area (Å²) in [6, 6.07) is 0.330. The number of nitrogens with one attached hydrogen (secondary N) is 1. The zero-order valence-corrected chi connectivity index (χ0v) is 7.41. The van der Waals surface area contributed by atoms with E-state index in [0.717, 1.165) is 12.8 Å². The van der Waals surface area contributed by atoms with Gasteiger partial charge in [0, 0.05) is 12.5 Å². The fourth-order valence-corrected chi connectivity index (χ4v) is 0.968. The standard InChI is InChI=1S/C8H11N3O2/c1-2-6-10-7(11-13-6)8(12)9-5-3-4-5/h5H,2-4H2,1H3,(H,9,12). The third-order valence-corrected chi connectivity index (χ3v) is 1.89. The van der Waals surface area contributed by atoms with Gasteiger partial charge in [0.1, 0.15) is 0 Å². The van der Waals surface area contributed by atoms with Gasteiger partial charge in [-0.1, -0.05) is 12.1 Å². The van der Waals surface area contributed by atoms with E-state index in [0.29, 0.717) is 18.4 Å². The first-order chi connectivity index (χ1) is 6.29. The van der Waals surface area contributed by atoms with Gasteiger partial charge in [0.25, 0.3) is 11.7 Å².